The highest BCUT2D eigenvalue weighted by atomic mass is 15.2. The zero-order chi connectivity index (χ0) is 12.1. The molecule has 1 unspecified atom stereocenters. The van der Waals surface area contributed by atoms with Crippen molar-refractivity contribution in [3.63, 3.8) is 0 Å². The summed E-state index contributed by atoms with van der Waals surface area (Å²) < 4.78 is 0. The molecule has 0 amide bonds. The monoisotopic (exact) mass is 232 g/mol. The summed E-state index contributed by atoms with van der Waals surface area (Å²) in [4.78, 5) is 2.59. The molecule has 0 bridgehead atoms. The van der Waals surface area contributed by atoms with Crippen molar-refractivity contribution in [2.45, 2.75) is 38.1 Å². The van der Waals surface area contributed by atoms with Crippen molar-refractivity contribution in [2.75, 3.05) is 19.6 Å². The van der Waals surface area contributed by atoms with Gasteiger partial charge in [-0.05, 0) is 44.8 Å². The summed E-state index contributed by atoms with van der Waals surface area (Å²) in [6.45, 7) is 5.47. The minimum absolute atomic E-state index is 0.127. The standard InChI is InChI=1S/C15H24N2/c1-15(13-16,17-10-6-3-7-11-17)12-14-8-4-2-5-9-14/h2,4-5,8-9H,3,6-7,10-13,16H2,1H3. The molecular weight excluding hydrogens is 208 g/mol. The second kappa shape index (κ2) is 5.65. The molecular formula is C15H24N2. The maximum Gasteiger partial charge on any atom is 0.0343 e. The molecule has 1 atom stereocenters. The fraction of sp³-hybridized carbons (Fsp3) is 0.600. The Balaban J connectivity index is 2.07. The molecule has 1 heterocycles. The van der Waals surface area contributed by atoms with Gasteiger partial charge in [-0.3, -0.25) is 4.90 Å². The predicted molar refractivity (Wildman–Crippen MR) is 73.0 cm³/mol. The third kappa shape index (κ3) is 3.08. The van der Waals surface area contributed by atoms with E-state index in [9.17, 15) is 0 Å². The second-order valence-corrected chi connectivity index (χ2v) is 5.41. The molecule has 0 spiro atoms. The van der Waals surface area contributed by atoms with Crippen molar-refractivity contribution in [3.05, 3.63) is 35.9 Å². The molecule has 2 N–H and O–H groups in total. The van der Waals surface area contributed by atoms with Gasteiger partial charge >= 0.3 is 0 Å². The Morgan fingerprint density at radius 3 is 2.35 bits per heavy atom. The minimum atomic E-state index is 0.127. The van der Waals surface area contributed by atoms with Crippen molar-refractivity contribution in [2.24, 2.45) is 5.73 Å². The molecule has 1 aromatic carbocycles. The molecule has 1 saturated heterocycles. The maximum absolute atomic E-state index is 6.04. The number of likely N-dealkylation sites (tertiary alicyclic amines) is 1. The largest absolute Gasteiger partial charge is 0.329 e. The van der Waals surface area contributed by atoms with Crippen LogP contribution in [0.1, 0.15) is 31.7 Å². The van der Waals surface area contributed by atoms with Crippen molar-refractivity contribution in [1.29, 1.82) is 0 Å². The number of rotatable bonds is 4. The highest BCUT2D eigenvalue weighted by Crippen LogP contribution is 2.24. The fourth-order valence-corrected chi connectivity index (χ4v) is 2.78. The Kier molecular flexibility index (Phi) is 4.19. The normalized spacial score (nSPS) is 21.1. The van der Waals surface area contributed by atoms with Crippen LogP contribution < -0.4 is 5.73 Å². The van der Waals surface area contributed by atoms with Gasteiger partial charge in [-0.15, -0.1) is 0 Å². The highest BCUT2D eigenvalue weighted by Gasteiger charge is 2.31. The van der Waals surface area contributed by atoms with Crippen LogP contribution in [0.5, 0.6) is 0 Å². The number of hydrogen-bond donors (Lipinski definition) is 1. The topological polar surface area (TPSA) is 29.3 Å². The van der Waals surface area contributed by atoms with Crippen molar-refractivity contribution >= 4 is 0 Å². The van der Waals surface area contributed by atoms with Gasteiger partial charge in [-0.2, -0.15) is 0 Å². The fourth-order valence-electron chi connectivity index (χ4n) is 2.78. The third-order valence-electron chi connectivity index (χ3n) is 3.99. The first-order valence-corrected chi connectivity index (χ1v) is 6.74. The maximum atomic E-state index is 6.04. The molecule has 1 aliphatic heterocycles. The van der Waals surface area contributed by atoms with Crippen LogP contribution >= 0.6 is 0 Å². The highest BCUT2D eigenvalue weighted by molar-refractivity contribution is 5.18. The van der Waals surface area contributed by atoms with Gasteiger partial charge in [0.2, 0.25) is 0 Å². The summed E-state index contributed by atoms with van der Waals surface area (Å²) in [7, 11) is 0. The van der Waals surface area contributed by atoms with Gasteiger partial charge in [-0.1, -0.05) is 36.8 Å². The average Bonchev–Trinajstić information content (AvgIpc) is 2.41. The third-order valence-corrected chi connectivity index (χ3v) is 3.99. The van der Waals surface area contributed by atoms with Crippen LogP contribution in [-0.4, -0.2) is 30.1 Å². The Labute approximate surface area is 105 Å². The van der Waals surface area contributed by atoms with Gasteiger partial charge in [0.15, 0.2) is 0 Å². The average molecular weight is 232 g/mol. The summed E-state index contributed by atoms with van der Waals surface area (Å²) in [5.41, 5.74) is 7.57. The summed E-state index contributed by atoms with van der Waals surface area (Å²) in [5.74, 6) is 0. The molecule has 2 nitrogen and oxygen atoms in total. The van der Waals surface area contributed by atoms with Gasteiger partial charge in [0.25, 0.3) is 0 Å². The molecule has 0 aromatic heterocycles. The summed E-state index contributed by atoms with van der Waals surface area (Å²) >= 11 is 0. The van der Waals surface area contributed by atoms with Crippen LogP contribution in [0.15, 0.2) is 30.3 Å². The second-order valence-electron chi connectivity index (χ2n) is 5.41. The first-order chi connectivity index (χ1) is 8.24. The van der Waals surface area contributed by atoms with Gasteiger partial charge in [0.1, 0.15) is 0 Å². The van der Waals surface area contributed by atoms with Crippen LogP contribution in [-0.2, 0) is 6.42 Å². The number of hydrogen-bond acceptors (Lipinski definition) is 2. The Hall–Kier alpha value is -0.860. The lowest BCUT2D eigenvalue weighted by Gasteiger charge is -2.43. The zero-order valence-corrected chi connectivity index (χ0v) is 10.9. The van der Waals surface area contributed by atoms with Crippen molar-refractivity contribution in [3.8, 4) is 0 Å². The smallest absolute Gasteiger partial charge is 0.0343 e. The number of nitrogens with two attached hydrogens (primary N) is 1. The van der Waals surface area contributed by atoms with Gasteiger partial charge < -0.3 is 5.73 Å². The van der Waals surface area contributed by atoms with Crippen molar-refractivity contribution in [1.82, 2.24) is 4.90 Å². The van der Waals surface area contributed by atoms with E-state index in [-0.39, 0.29) is 5.54 Å². The summed E-state index contributed by atoms with van der Waals surface area (Å²) in [6.07, 6.45) is 5.08. The lowest BCUT2D eigenvalue weighted by Crippen LogP contribution is -2.54. The molecule has 17 heavy (non-hydrogen) atoms. The summed E-state index contributed by atoms with van der Waals surface area (Å²) in [5, 5.41) is 0. The number of piperidine rings is 1. The molecule has 0 radical (unpaired) electrons. The van der Waals surface area contributed by atoms with Crippen molar-refractivity contribution < 1.29 is 0 Å². The molecule has 1 aromatic rings. The molecule has 2 heteroatoms. The van der Waals surface area contributed by atoms with E-state index in [1.165, 1.54) is 37.9 Å². The van der Waals surface area contributed by atoms with E-state index in [2.05, 4.69) is 42.2 Å². The Morgan fingerprint density at radius 1 is 1.12 bits per heavy atom. The van der Waals surface area contributed by atoms with E-state index in [4.69, 9.17) is 5.73 Å². The van der Waals surface area contributed by atoms with E-state index in [1.807, 2.05) is 0 Å². The number of nitrogens with zero attached hydrogens (tertiary/aromatic N) is 1. The first kappa shape index (κ1) is 12.6. The van der Waals surface area contributed by atoms with Crippen LogP contribution in [0.2, 0.25) is 0 Å². The summed E-state index contributed by atoms with van der Waals surface area (Å²) in [6, 6.07) is 10.7. The SMILES string of the molecule is CC(CN)(Cc1ccccc1)N1CCCCC1. The van der Waals surface area contributed by atoms with E-state index >= 15 is 0 Å². The zero-order valence-electron chi connectivity index (χ0n) is 10.9. The molecule has 0 aliphatic carbocycles. The van der Waals surface area contributed by atoms with Crippen LogP contribution in [0.3, 0.4) is 0 Å². The minimum Gasteiger partial charge on any atom is -0.329 e. The van der Waals surface area contributed by atoms with Crippen LogP contribution in [0, 0.1) is 0 Å². The lowest BCUT2D eigenvalue weighted by molar-refractivity contribution is 0.0870. The van der Waals surface area contributed by atoms with E-state index < -0.39 is 0 Å². The van der Waals surface area contributed by atoms with Crippen LogP contribution in [0.25, 0.3) is 0 Å². The Morgan fingerprint density at radius 2 is 1.76 bits per heavy atom. The predicted octanol–water partition coefficient (Wildman–Crippen LogP) is 2.43. The van der Waals surface area contributed by atoms with Crippen LogP contribution in [0.4, 0.5) is 0 Å². The molecule has 2 rings (SSSR count). The first-order valence-electron chi connectivity index (χ1n) is 6.74. The molecule has 94 valence electrons. The molecule has 0 saturated carbocycles. The number of benzene rings is 1. The van der Waals surface area contributed by atoms with E-state index in [1.54, 1.807) is 0 Å². The Bertz CT molecular complexity index is 330. The van der Waals surface area contributed by atoms with Gasteiger partial charge in [-0.25, -0.2) is 0 Å². The lowest BCUT2D eigenvalue weighted by atomic mass is 9.89. The van der Waals surface area contributed by atoms with E-state index in [0.29, 0.717) is 0 Å². The molecule has 1 fully saturated rings. The van der Waals surface area contributed by atoms with Gasteiger partial charge in [0, 0.05) is 12.1 Å². The van der Waals surface area contributed by atoms with E-state index in [0.717, 1.165) is 13.0 Å². The quantitative estimate of drug-likeness (QED) is 0.864. The van der Waals surface area contributed by atoms with Gasteiger partial charge in [0.05, 0.1) is 0 Å². The molecule has 1 aliphatic rings.